The predicted molar refractivity (Wildman–Crippen MR) is 53.6 cm³/mol. The van der Waals surface area contributed by atoms with Crippen molar-refractivity contribution >= 4 is 17.6 Å². The first kappa shape index (κ1) is 9.70. The van der Waals surface area contributed by atoms with Gasteiger partial charge in [-0.25, -0.2) is 4.79 Å². The molecule has 2 heterocycles. The van der Waals surface area contributed by atoms with E-state index in [1.165, 1.54) is 4.90 Å². The van der Waals surface area contributed by atoms with Crippen LogP contribution in [0.5, 0.6) is 0 Å². The number of aromatic nitrogens is 2. The normalized spacial score (nSPS) is 16.8. The molecule has 0 saturated carbocycles. The Bertz CT molecular complexity index is 404. The molecular formula is C9H12N4O2. The molecule has 0 bridgehead atoms. The van der Waals surface area contributed by atoms with Crippen LogP contribution in [0.4, 0.5) is 10.5 Å². The van der Waals surface area contributed by atoms with Gasteiger partial charge in [0, 0.05) is 13.0 Å². The van der Waals surface area contributed by atoms with Crippen molar-refractivity contribution in [1.82, 2.24) is 15.5 Å². The van der Waals surface area contributed by atoms with Gasteiger partial charge in [0.15, 0.2) is 0 Å². The number of amides is 3. The fourth-order valence-corrected chi connectivity index (χ4v) is 1.72. The van der Waals surface area contributed by atoms with E-state index in [1.807, 2.05) is 13.8 Å². The van der Waals surface area contributed by atoms with Crippen molar-refractivity contribution in [2.75, 3.05) is 11.4 Å². The number of aryl methyl sites for hydroxylation is 2. The van der Waals surface area contributed by atoms with Crippen molar-refractivity contribution in [3.05, 3.63) is 11.4 Å². The zero-order valence-corrected chi connectivity index (χ0v) is 8.63. The molecule has 0 radical (unpaired) electrons. The molecule has 1 aromatic rings. The molecule has 0 atom stereocenters. The van der Waals surface area contributed by atoms with Crippen LogP contribution in [0, 0.1) is 13.8 Å². The number of hydrogen-bond acceptors (Lipinski definition) is 3. The molecule has 2 rings (SSSR count). The van der Waals surface area contributed by atoms with Gasteiger partial charge in [-0.15, -0.1) is 0 Å². The van der Waals surface area contributed by atoms with Crippen LogP contribution < -0.4 is 10.2 Å². The molecule has 3 amide bonds. The fourth-order valence-electron chi connectivity index (χ4n) is 1.72. The van der Waals surface area contributed by atoms with Gasteiger partial charge >= 0.3 is 6.03 Å². The van der Waals surface area contributed by atoms with Gasteiger partial charge in [0.05, 0.1) is 17.1 Å². The number of imide groups is 1. The summed E-state index contributed by atoms with van der Waals surface area (Å²) in [5, 5.41) is 9.10. The topological polar surface area (TPSA) is 78.1 Å². The smallest absolute Gasteiger partial charge is 0.290 e. The van der Waals surface area contributed by atoms with Crippen LogP contribution in [-0.2, 0) is 4.79 Å². The van der Waals surface area contributed by atoms with Crippen molar-refractivity contribution in [3.8, 4) is 0 Å². The van der Waals surface area contributed by atoms with Crippen LogP contribution in [0.15, 0.2) is 0 Å². The van der Waals surface area contributed by atoms with Crippen molar-refractivity contribution in [1.29, 1.82) is 0 Å². The molecule has 15 heavy (non-hydrogen) atoms. The number of carbonyl (C=O) groups is 2. The average Bonchev–Trinajstić information content (AvgIpc) is 2.48. The Labute approximate surface area is 86.6 Å². The number of rotatable bonds is 1. The molecule has 6 heteroatoms. The lowest BCUT2D eigenvalue weighted by molar-refractivity contribution is -0.120. The van der Waals surface area contributed by atoms with E-state index in [1.54, 1.807) is 0 Å². The van der Waals surface area contributed by atoms with Crippen molar-refractivity contribution in [3.63, 3.8) is 0 Å². The number of hydrogen-bond donors (Lipinski definition) is 2. The molecule has 0 aliphatic carbocycles. The minimum atomic E-state index is -0.376. The van der Waals surface area contributed by atoms with Gasteiger partial charge in [0.1, 0.15) is 0 Å². The van der Waals surface area contributed by atoms with Gasteiger partial charge in [-0.1, -0.05) is 0 Å². The lowest BCUT2D eigenvalue weighted by atomic mass is 10.2. The molecule has 1 aromatic heterocycles. The molecule has 1 aliphatic heterocycles. The molecule has 80 valence electrons. The SMILES string of the molecule is Cc1n[nH]c(C)c1N1CCC(=O)NC1=O. The first-order valence-corrected chi connectivity index (χ1v) is 4.72. The number of nitrogens with one attached hydrogen (secondary N) is 2. The molecule has 2 N–H and O–H groups in total. The highest BCUT2D eigenvalue weighted by Crippen LogP contribution is 2.23. The summed E-state index contributed by atoms with van der Waals surface area (Å²) in [6.45, 7) is 4.08. The first-order chi connectivity index (χ1) is 7.09. The largest absolute Gasteiger partial charge is 0.328 e. The Morgan fingerprint density at radius 3 is 2.60 bits per heavy atom. The van der Waals surface area contributed by atoms with Gasteiger partial charge in [0.2, 0.25) is 5.91 Å². The minimum Gasteiger partial charge on any atom is -0.290 e. The molecule has 0 spiro atoms. The summed E-state index contributed by atoms with van der Waals surface area (Å²) in [7, 11) is 0. The Morgan fingerprint density at radius 2 is 2.07 bits per heavy atom. The number of H-pyrrole nitrogens is 1. The van der Waals surface area contributed by atoms with Gasteiger partial charge in [-0.3, -0.25) is 20.1 Å². The van der Waals surface area contributed by atoms with Crippen LogP contribution >= 0.6 is 0 Å². The third kappa shape index (κ3) is 1.58. The summed E-state index contributed by atoms with van der Waals surface area (Å²) in [5.74, 6) is -0.227. The van der Waals surface area contributed by atoms with E-state index < -0.39 is 0 Å². The zero-order chi connectivity index (χ0) is 11.0. The molecular weight excluding hydrogens is 196 g/mol. The van der Waals surface area contributed by atoms with Gasteiger partial charge < -0.3 is 0 Å². The summed E-state index contributed by atoms with van der Waals surface area (Å²) in [6, 6.07) is -0.376. The van der Waals surface area contributed by atoms with E-state index in [9.17, 15) is 9.59 Å². The van der Waals surface area contributed by atoms with Crippen LogP contribution in [0.3, 0.4) is 0 Å². The second-order valence-corrected chi connectivity index (χ2v) is 3.54. The number of anilines is 1. The number of aromatic amines is 1. The van der Waals surface area contributed by atoms with Gasteiger partial charge in [0.25, 0.3) is 0 Å². The second kappa shape index (κ2) is 3.38. The van der Waals surface area contributed by atoms with E-state index >= 15 is 0 Å². The highest BCUT2D eigenvalue weighted by Gasteiger charge is 2.27. The van der Waals surface area contributed by atoms with Crippen LogP contribution in [0.2, 0.25) is 0 Å². The third-order valence-electron chi connectivity index (χ3n) is 2.41. The van der Waals surface area contributed by atoms with Crippen molar-refractivity contribution < 1.29 is 9.59 Å². The lowest BCUT2D eigenvalue weighted by Crippen LogP contribution is -2.49. The van der Waals surface area contributed by atoms with Crippen molar-refractivity contribution in [2.24, 2.45) is 0 Å². The standard InChI is InChI=1S/C9H12N4O2/c1-5-8(6(2)12-11-5)13-4-3-7(14)10-9(13)15/h3-4H2,1-2H3,(H,11,12)(H,10,14,15). The summed E-state index contributed by atoms with van der Waals surface area (Å²) in [4.78, 5) is 24.1. The summed E-state index contributed by atoms with van der Waals surface area (Å²) >= 11 is 0. The Morgan fingerprint density at radius 1 is 1.33 bits per heavy atom. The summed E-state index contributed by atoms with van der Waals surface area (Å²) < 4.78 is 0. The maximum Gasteiger partial charge on any atom is 0.328 e. The second-order valence-electron chi connectivity index (χ2n) is 3.54. The van der Waals surface area contributed by atoms with E-state index in [0.717, 1.165) is 17.1 Å². The predicted octanol–water partition coefficient (Wildman–Crippen LogP) is 0.473. The minimum absolute atomic E-state index is 0.227. The number of carbonyl (C=O) groups excluding carboxylic acids is 2. The summed E-state index contributed by atoms with van der Waals surface area (Å²) in [5.41, 5.74) is 2.36. The molecule has 0 aromatic carbocycles. The molecule has 1 fully saturated rings. The van der Waals surface area contributed by atoms with Crippen LogP contribution in [0.1, 0.15) is 17.8 Å². The third-order valence-corrected chi connectivity index (χ3v) is 2.41. The molecule has 1 aliphatic rings. The van der Waals surface area contributed by atoms with E-state index in [-0.39, 0.29) is 11.9 Å². The molecule has 1 saturated heterocycles. The lowest BCUT2D eigenvalue weighted by Gasteiger charge is -2.26. The molecule has 6 nitrogen and oxygen atoms in total. The van der Waals surface area contributed by atoms with E-state index in [4.69, 9.17) is 0 Å². The Balaban J connectivity index is 2.32. The zero-order valence-electron chi connectivity index (χ0n) is 8.63. The average molecular weight is 208 g/mol. The maximum absolute atomic E-state index is 11.6. The first-order valence-electron chi connectivity index (χ1n) is 4.72. The number of urea groups is 1. The molecule has 0 unspecified atom stereocenters. The van der Waals surface area contributed by atoms with Crippen molar-refractivity contribution in [2.45, 2.75) is 20.3 Å². The number of nitrogens with zero attached hydrogens (tertiary/aromatic N) is 2. The van der Waals surface area contributed by atoms with Gasteiger partial charge in [-0.05, 0) is 13.8 Å². The maximum atomic E-state index is 11.6. The fraction of sp³-hybridized carbons (Fsp3) is 0.444. The van der Waals surface area contributed by atoms with Gasteiger partial charge in [-0.2, -0.15) is 5.10 Å². The van der Waals surface area contributed by atoms with E-state index in [2.05, 4.69) is 15.5 Å². The van der Waals surface area contributed by atoms with E-state index in [0.29, 0.717) is 13.0 Å². The van der Waals surface area contributed by atoms with Crippen LogP contribution in [0.25, 0.3) is 0 Å². The summed E-state index contributed by atoms with van der Waals surface area (Å²) in [6.07, 6.45) is 0.329. The van der Waals surface area contributed by atoms with Crippen LogP contribution in [-0.4, -0.2) is 28.7 Å². The monoisotopic (exact) mass is 208 g/mol. The Kier molecular flexibility index (Phi) is 2.18. The highest BCUT2D eigenvalue weighted by molar-refractivity contribution is 6.06. The quantitative estimate of drug-likeness (QED) is 0.704. The highest BCUT2D eigenvalue weighted by atomic mass is 16.2. The Hall–Kier alpha value is -1.85.